The number of aliphatic hydroxyl groups is 1. The maximum atomic E-state index is 13.0. The molecule has 0 radical (unpaired) electrons. The van der Waals surface area contributed by atoms with Crippen LogP contribution >= 0.6 is 0 Å². The standard InChI is InChI=1S/C22H27N5O2/c1-5-27-16(4)20(15(3)25-27)18-12-19(24-23-18)21(28)26-11-10-22(29,13-26)17-8-6-14(2)7-9-17/h6-9,12,29H,5,10-11,13H2,1-4H3,(H,23,24)/t22-/m0/s1. The lowest BCUT2D eigenvalue weighted by Gasteiger charge is -2.24. The van der Waals surface area contributed by atoms with Crippen LogP contribution in [0.5, 0.6) is 0 Å². The van der Waals surface area contributed by atoms with Crippen LogP contribution in [0.4, 0.5) is 0 Å². The lowest BCUT2D eigenvalue weighted by atomic mass is 9.92. The summed E-state index contributed by atoms with van der Waals surface area (Å²) in [4.78, 5) is 14.7. The molecule has 1 aromatic carbocycles. The molecule has 1 saturated heterocycles. The number of H-pyrrole nitrogens is 1. The summed E-state index contributed by atoms with van der Waals surface area (Å²) in [6.07, 6.45) is 0.518. The fourth-order valence-electron chi connectivity index (χ4n) is 4.17. The molecule has 0 aliphatic carbocycles. The molecule has 29 heavy (non-hydrogen) atoms. The first-order valence-corrected chi connectivity index (χ1v) is 10.0. The highest BCUT2D eigenvalue weighted by molar-refractivity contribution is 5.93. The Hall–Kier alpha value is -2.93. The average Bonchev–Trinajstić information content (AvgIpc) is 3.40. The van der Waals surface area contributed by atoms with E-state index in [-0.39, 0.29) is 12.5 Å². The molecule has 0 saturated carbocycles. The summed E-state index contributed by atoms with van der Waals surface area (Å²) in [7, 11) is 0. The highest BCUT2D eigenvalue weighted by Gasteiger charge is 2.40. The molecular weight excluding hydrogens is 366 g/mol. The number of hydrogen-bond donors (Lipinski definition) is 2. The van der Waals surface area contributed by atoms with Gasteiger partial charge < -0.3 is 10.0 Å². The molecule has 0 spiro atoms. The molecule has 0 bridgehead atoms. The van der Waals surface area contributed by atoms with E-state index in [0.717, 1.165) is 40.3 Å². The number of amides is 1. The minimum atomic E-state index is -1.01. The van der Waals surface area contributed by atoms with Crippen LogP contribution in [0.15, 0.2) is 30.3 Å². The first-order valence-electron chi connectivity index (χ1n) is 10.0. The maximum Gasteiger partial charge on any atom is 0.271 e. The largest absolute Gasteiger partial charge is 0.383 e. The summed E-state index contributed by atoms with van der Waals surface area (Å²) in [5.74, 6) is -0.148. The highest BCUT2D eigenvalue weighted by atomic mass is 16.3. The van der Waals surface area contributed by atoms with Gasteiger partial charge in [-0.25, -0.2) is 0 Å². The van der Waals surface area contributed by atoms with Gasteiger partial charge in [-0.2, -0.15) is 10.2 Å². The molecule has 1 fully saturated rings. The summed E-state index contributed by atoms with van der Waals surface area (Å²) >= 11 is 0. The maximum absolute atomic E-state index is 13.0. The zero-order valence-electron chi connectivity index (χ0n) is 17.4. The van der Waals surface area contributed by atoms with Crippen molar-refractivity contribution in [2.24, 2.45) is 0 Å². The second kappa shape index (κ2) is 7.15. The third-order valence-electron chi connectivity index (χ3n) is 5.87. The molecule has 0 unspecified atom stereocenters. The van der Waals surface area contributed by atoms with E-state index in [1.165, 1.54) is 0 Å². The molecule has 4 rings (SSSR count). The number of likely N-dealkylation sites (tertiary alicyclic amines) is 1. The fourth-order valence-corrected chi connectivity index (χ4v) is 4.17. The number of rotatable bonds is 4. The van der Waals surface area contributed by atoms with Gasteiger partial charge in [0.25, 0.3) is 5.91 Å². The molecule has 3 aromatic rings. The second-order valence-corrected chi connectivity index (χ2v) is 7.90. The first kappa shape index (κ1) is 19.4. The SMILES string of the molecule is CCn1nc(C)c(-c2cc(C(=O)N3CC[C@@](O)(c4ccc(C)cc4)C3)[nH]n2)c1C. The Balaban J connectivity index is 1.54. The van der Waals surface area contributed by atoms with Gasteiger partial charge in [-0.05, 0) is 45.7 Å². The molecular formula is C22H27N5O2. The van der Waals surface area contributed by atoms with E-state index in [1.807, 2.05) is 56.6 Å². The molecule has 1 aliphatic heterocycles. The number of hydrogen-bond acceptors (Lipinski definition) is 4. The van der Waals surface area contributed by atoms with E-state index in [4.69, 9.17) is 0 Å². The zero-order chi connectivity index (χ0) is 20.8. The number of carbonyl (C=O) groups excluding carboxylic acids is 1. The normalized spacial score (nSPS) is 19.1. The van der Waals surface area contributed by atoms with Crippen molar-refractivity contribution in [3.63, 3.8) is 0 Å². The fraction of sp³-hybridized carbons (Fsp3) is 0.409. The van der Waals surface area contributed by atoms with Gasteiger partial charge >= 0.3 is 0 Å². The number of aromatic nitrogens is 4. The summed E-state index contributed by atoms with van der Waals surface area (Å²) in [5.41, 5.74) is 5.01. The van der Waals surface area contributed by atoms with Crippen LogP contribution in [0.2, 0.25) is 0 Å². The van der Waals surface area contributed by atoms with Crippen molar-refractivity contribution in [3.05, 3.63) is 58.5 Å². The van der Waals surface area contributed by atoms with E-state index < -0.39 is 5.60 Å². The topological polar surface area (TPSA) is 87.0 Å². The Morgan fingerprint density at radius 2 is 1.97 bits per heavy atom. The molecule has 152 valence electrons. The average molecular weight is 393 g/mol. The predicted molar refractivity (Wildman–Crippen MR) is 111 cm³/mol. The lowest BCUT2D eigenvalue weighted by molar-refractivity contribution is 0.0415. The number of nitrogens with one attached hydrogen (secondary N) is 1. The Kier molecular flexibility index (Phi) is 4.78. The van der Waals surface area contributed by atoms with Gasteiger partial charge in [0, 0.05) is 24.3 Å². The summed E-state index contributed by atoms with van der Waals surface area (Å²) < 4.78 is 1.93. The summed E-state index contributed by atoms with van der Waals surface area (Å²) in [6.45, 7) is 9.59. The Bertz CT molecular complexity index is 1050. The minimum absolute atomic E-state index is 0.148. The van der Waals surface area contributed by atoms with Crippen LogP contribution in [0, 0.1) is 20.8 Å². The first-order chi connectivity index (χ1) is 13.8. The molecule has 7 heteroatoms. The van der Waals surface area contributed by atoms with Gasteiger partial charge in [0.15, 0.2) is 0 Å². The number of carbonyl (C=O) groups is 1. The van der Waals surface area contributed by atoms with E-state index in [9.17, 15) is 9.90 Å². The molecule has 1 amide bonds. The van der Waals surface area contributed by atoms with E-state index >= 15 is 0 Å². The monoisotopic (exact) mass is 393 g/mol. The van der Waals surface area contributed by atoms with Crippen molar-refractivity contribution in [3.8, 4) is 11.3 Å². The predicted octanol–water partition coefficient (Wildman–Crippen LogP) is 2.95. The number of aryl methyl sites for hydroxylation is 3. The van der Waals surface area contributed by atoms with E-state index in [1.54, 1.807) is 11.0 Å². The van der Waals surface area contributed by atoms with Crippen molar-refractivity contribution in [2.45, 2.75) is 46.3 Å². The van der Waals surface area contributed by atoms with E-state index in [2.05, 4.69) is 15.3 Å². The van der Waals surface area contributed by atoms with Crippen molar-refractivity contribution in [2.75, 3.05) is 13.1 Å². The van der Waals surface area contributed by atoms with Crippen molar-refractivity contribution < 1.29 is 9.90 Å². The van der Waals surface area contributed by atoms with Gasteiger partial charge in [0.1, 0.15) is 11.3 Å². The number of β-amino-alcohol motifs (C(OH)–C–C–N with tert-alkyl or cyclic N) is 1. The quantitative estimate of drug-likeness (QED) is 0.713. The molecule has 2 aromatic heterocycles. The highest BCUT2D eigenvalue weighted by Crippen LogP contribution is 2.33. The molecule has 3 heterocycles. The van der Waals surface area contributed by atoms with Gasteiger partial charge in [-0.15, -0.1) is 0 Å². The molecule has 1 aliphatic rings. The smallest absolute Gasteiger partial charge is 0.271 e. The van der Waals surface area contributed by atoms with Crippen LogP contribution < -0.4 is 0 Å². The van der Waals surface area contributed by atoms with Gasteiger partial charge in [0.2, 0.25) is 0 Å². The van der Waals surface area contributed by atoms with E-state index in [0.29, 0.717) is 18.7 Å². The number of benzene rings is 1. The summed E-state index contributed by atoms with van der Waals surface area (Å²) in [6, 6.07) is 9.63. The van der Waals surface area contributed by atoms with Crippen molar-refractivity contribution in [1.29, 1.82) is 0 Å². The van der Waals surface area contributed by atoms with Crippen molar-refractivity contribution in [1.82, 2.24) is 24.9 Å². The van der Waals surface area contributed by atoms with Gasteiger partial charge in [-0.1, -0.05) is 29.8 Å². The summed E-state index contributed by atoms with van der Waals surface area (Å²) in [5, 5.41) is 22.8. The van der Waals surface area contributed by atoms with Gasteiger partial charge in [-0.3, -0.25) is 14.6 Å². The van der Waals surface area contributed by atoms with Crippen LogP contribution in [-0.2, 0) is 12.1 Å². The van der Waals surface area contributed by atoms with Crippen LogP contribution in [0.1, 0.15) is 46.3 Å². The Morgan fingerprint density at radius 3 is 2.62 bits per heavy atom. The van der Waals surface area contributed by atoms with Gasteiger partial charge in [0.05, 0.1) is 17.9 Å². The zero-order valence-corrected chi connectivity index (χ0v) is 17.4. The Morgan fingerprint density at radius 1 is 1.24 bits per heavy atom. The third-order valence-corrected chi connectivity index (χ3v) is 5.87. The lowest BCUT2D eigenvalue weighted by Crippen LogP contribution is -2.34. The third kappa shape index (κ3) is 3.35. The minimum Gasteiger partial charge on any atom is -0.383 e. The number of nitrogens with zero attached hydrogens (tertiary/aromatic N) is 4. The Labute approximate surface area is 170 Å². The number of aromatic amines is 1. The van der Waals surface area contributed by atoms with Crippen LogP contribution in [-0.4, -0.2) is 49.0 Å². The van der Waals surface area contributed by atoms with Crippen molar-refractivity contribution >= 4 is 5.91 Å². The van der Waals surface area contributed by atoms with Crippen LogP contribution in [0.25, 0.3) is 11.3 Å². The second-order valence-electron chi connectivity index (χ2n) is 7.90. The molecule has 1 atom stereocenters. The molecule has 7 nitrogen and oxygen atoms in total. The molecule has 2 N–H and O–H groups in total. The van der Waals surface area contributed by atoms with Crippen LogP contribution in [0.3, 0.4) is 0 Å².